The van der Waals surface area contributed by atoms with E-state index in [1.807, 2.05) is 6.07 Å². The molecular weight excluding hydrogens is 378 g/mol. The first kappa shape index (κ1) is 20.5. The summed E-state index contributed by atoms with van der Waals surface area (Å²) < 4.78 is 5.58. The number of carbonyl (C=O) groups excluding carboxylic acids is 3. The molecule has 1 saturated heterocycles. The van der Waals surface area contributed by atoms with E-state index in [4.69, 9.17) is 4.74 Å². The van der Waals surface area contributed by atoms with E-state index in [1.165, 1.54) is 19.3 Å². The van der Waals surface area contributed by atoms with E-state index in [0.717, 1.165) is 13.1 Å². The third kappa shape index (κ3) is 3.37. The molecule has 156 valence electrons. The summed E-state index contributed by atoms with van der Waals surface area (Å²) in [6.45, 7) is 4.63. The van der Waals surface area contributed by atoms with E-state index in [0.29, 0.717) is 23.2 Å². The Morgan fingerprint density at radius 2 is 1.50 bits per heavy atom. The van der Waals surface area contributed by atoms with Gasteiger partial charge in [-0.2, -0.15) is 0 Å². The number of nitrogens with zero attached hydrogens (tertiary/aromatic N) is 1. The lowest BCUT2D eigenvalue weighted by molar-refractivity contribution is -0.149. The Labute approximate surface area is 177 Å². The molecule has 1 atom stereocenters. The van der Waals surface area contributed by atoms with E-state index in [-0.39, 0.29) is 18.2 Å². The van der Waals surface area contributed by atoms with E-state index in [1.54, 1.807) is 55.5 Å². The molecule has 1 aliphatic heterocycles. The molecule has 2 aliphatic rings. The summed E-state index contributed by atoms with van der Waals surface area (Å²) in [4.78, 5) is 42.5. The Bertz CT molecular complexity index is 912. The fraction of sp³-hybridized carbons (Fsp3) is 0.400. The fourth-order valence-electron chi connectivity index (χ4n) is 4.77. The number of Topliss-reactive ketones (excluding diaryl/α,β-unsaturated/α-hetero) is 2. The van der Waals surface area contributed by atoms with Gasteiger partial charge in [-0.05, 0) is 31.5 Å². The van der Waals surface area contributed by atoms with E-state index in [9.17, 15) is 14.4 Å². The lowest BCUT2D eigenvalue weighted by atomic mass is 9.67. The van der Waals surface area contributed by atoms with Crippen LogP contribution in [-0.4, -0.2) is 48.7 Å². The molecule has 5 heteroatoms. The van der Waals surface area contributed by atoms with Crippen LogP contribution in [0.1, 0.15) is 52.5 Å². The third-order valence-corrected chi connectivity index (χ3v) is 6.47. The Hall–Kier alpha value is -2.79. The van der Waals surface area contributed by atoms with Gasteiger partial charge < -0.3 is 4.74 Å². The van der Waals surface area contributed by atoms with Gasteiger partial charge in [-0.3, -0.25) is 19.3 Å². The maximum absolute atomic E-state index is 13.6. The quantitative estimate of drug-likeness (QED) is 0.542. The zero-order valence-corrected chi connectivity index (χ0v) is 17.3. The molecule has 0 spiro atoms. The molecule has 0 amide bonds. The molecule has 4 rings (SSSR count). The largest absolute Gasteiger partial charge is 0.464 e. The minimum atomic E-state index is -1.58. The number of fused-ring (bicyclic) bond motifs is 1. The second-order valence-corrected chi connectivity index (χ2v) is 8.17. The maximum Gasteiger partial charge on any atom is 0.310 e. The van der Waals surface area contributed by atoms with Crippen molar-refractivity contribution in [2.45, 2.75) is 31.6 Å². The van der Waals surface area contributed by atoms with Gasteiger partial charge in [0.15, 0.2) is 11.6 Å². The van der Waals surface area contributed by atoms with Crippen molar-refractivity contribution in [3.8, 4) is 0 Å². The number of carbonyl (C=O) groups is 3. The van der Waals surface area contributed by atoms with Crippen molar-refractivity contribution in [2.75, 3.05) is 26.2 Å². The van der Waals surface area contributed by atoms with Crippen LogP contribution in [0.5, 0.6) is 0 Å². The number of ketones is 2. The highest BCUT2D eigenvalue weighted by Crippen LogP contribution is 2.45. The van der Waals surface area contributed by atoms with Gasteiger partial charge in [0.25, 0.3) is 0 Å². The van der Waals surface area contributed by atoms with Crippen molar-refractivity contribution in [2.24, 2.45) is 5.92 Å². The molecule has 5 nitrogen and oxygen atoms in total. The number of esters is 1. The summed E-state index contributed by atoms with van der Waals surface area (Å²) in [6, 6.07) is 15.7. The molecule has 0 saturated carbocycles. The maximum atomic E-state index is 13.6. The average molecular weight is 405 g/mol. The monoisotopic (exact) mass is 405 g/mol. The van der Waals surface area contributed by atoms with Crippen LogP contribution in [-0.2, 0) is 14.9 Å². The number of ether oxygens (including phenoxy) is 1. The number of benzene rings is 2. The molecule has 0 N–H and O–H groups in total. The van der Waals surface area contributed by atoms with Gasteiger partial charge in [-0.1, -0.05) is 67.9 Å². The predicted molar refractivity (Wildman–Crippen MR) is 114 cm³/mol. The first-order valence-corrected chi connectivity index (χ1v) is 10.7. The summed E-state index contributed by atoms with van der Waals surface area (Å²) in [5.74, 6) is -2.08. The summed E-state index contributed by atoms with van der Waals surface area (Å²) in [5.41, 5.74) is -0.289. The van der Waals surface area contributed by atoms with Crippen LogP contribution < -0.4 is 0 Å². The van der Waals surface area contributed by atoms with Crippen LogP contribution in [0.3, 0.4) is 0 Å². The minimum absolute atomic E-state index is 0.267. The van der Waals surface area contributed by atoms with Crippen molar-refractivity contribution in [3.63, 3.8) is 0 Å². The zero-order valence-electron chi connectivity index (χ0n) is 17.3. The van der Waals surface area contributed by atoms with Crippen LogP contribution in [0.4, 0.5) is 0 Å². The molecule has 0 bridgehead atoms. The predicted octanol–water partition coefficient (Wildman–Crippen LogP) is 3.67. The Kier molecular flexibility index (Phi) is 5.82. The molecule has 0 aromatic heterocycles. The average Bonchev–Trinajstić information content (AvgIpc) is 3.02. The molecule has 0 radical (unpaired) electrons. The van der Waals surface area contributed by atoms with E-state index in [2.05, 4.69) is 4.90 Å². The molecular formula is C25H27NO4. The standard InChI is InChI=1S/C25H27NO4/c1-18(24(29)30-17-16-26-14-8-3-9-15-26)25(19-10-4-2-5-11-19)22(27)20-12-6-7-13-21(20)23(25)28/h2,4-7,10-13,18H,3,8-9,14-17H2,1H3. The van der Waals surface area contributed by atoms with Crippen molar-refractivity contribution in [3.05, 3.63) is 71.3 Å². The summed E-state index contributed by atoms with van der Waals surface area (Å²) in [5, 5.41) is 0. The second-order valence-electron chi connectivity index (χ2n) is 8.17. The molecule has 1 aliphatic carbocycles. The highest BCUT2D eigenvalue weighted by molar-refractivity contribution is 6.34. The van der Waals surface area contributed by atoms with Crippen LogP contribution >= 0.6 is 0 Å². The first-order valence-electron chi connectivity index (χ1n) is 10.7. The molecule has 30 heavy (non-hydrogen) atoms. The SMILES string of the molecule is CC(C(=O)OCCN1CCCCC1)C1(c2ccccc2)C(=O)c2ccccc2C1=O. The number of hydrogen-bond donors (Lipinski definition) is 0. The summed E-state index contributed by atoms with van der Waals surface area (Å²) in [6.07, 6.45) is 3.59. The van der Waals surface area contributed by atoms with Crippen molar-refractivity contribution >= 4 is 17.5 Å². The molecule has 2 aromatic carbocycles. The number of likely N-dealkylation sites (tertiary alicyclic amines) is 1. The molecule has 1 heterocycles. The zero-order chi connectivity index (χ0) is 21.1. The summed E-state index contributed by atoms with van der Waals surface area (Å²) >= 11 is 0. The van der Waals surface area contributed by atoms with Crippen LogP contribution in [0.15, 0.2) is 54.6 Å². The van der Waals surface area contributed by atoms with Gasteiger partial charge in [-0.15, -0.1) is 0 Å². The van der Waals surface area contributed by atoms with Gasteiger partial charge in [-0.25, -0.2) is 0 Å². The van der Waals surface area contributed by atoms with Gasteiger partial charge in [0.1, 0.15) is 12.0 Å². The number of rotatable bonds is 6. The Morgan fingerprint density at radius 1 is 0.933 bits per heavy atom. The van der Waals surface area contributed by atoms with Crippen LogP contribution in [0.2, 0.25) is 0 Å². The van der Waals surface area contributed by atoms with Crippen LogP contribution in [0.25, 0.3) is 0 Å². The smallest absolute Gasteiger partial charge is 0.310 e. The van der Waals surface area contributed by atoms with Gasteiger partial charge >= 0.3 is 5.97 Å². The number of piperidine rings is 1. The highest BCUT2D eigenvalue weighted by atomic mass is 16.5. The van der Waals surface area contributed by atoms with Crippen molar-refractivity contribution in [1.82, 2.24) is 4.90 Å². The normalized spacial score (nSPS) is 19.4. The van der Waals surface area contributed by atoms with Crippen molar-refractivity contribution < 1.29 is 19.1 Å². The topological polar surface area (TPSA) is 63.7 Å². The molecule has 1 fully saturated rings. The fourth-order valence-corrected chi connectivity index (χ4v) is 4.77. The lowest BCUT2D eigenvalue weighted by Crippen LogP contribution is -2.48. The first-order chi connectivity index (χ1) is 14.6. The summed E-state index contributed by atoms with van der Waals surface area (Å²) in [7, 11) is 0. The molecule has 1 unspecified atom stereocenters. The Balaban J connectivity index is 1.60. The minimum Gasteiger partial charge on any atom is -0.464 e. The molecule has 2 aromatic rings. The van der Waals surface area contributed by atoms with E-state index < -0.39 is 17.3 Å². The highest BCUT2D eigenvalue weighted by Gasteiger charge is 2.59. The number of hydrogen-bond acceptors (Lipinski definition) is 5. The van der Waals surface area contributed by atoms with Gasteiger partial charge in [0.2, 0.25) is 0 Å². The lowest BCUT2D eigenvalue weighted by Gasteiger charge is -2.32. The Morgan fingerprint density at radius 3 is 2.10 bits per heavy atom. The second kappa shape index (κ2) is 8.52. The van der Waals surface area contributed by atoms with Crippen LogP contribution in [0, 0.1) is 5.92 Å². The third-order valence-electron chi connectivity index (χ3n) is 6.47. The van der Waals surface area contributed by atoms with E-state index >= 15 is 0 Å². The van der Waals surface area contributed by atoms with Gasteiger partial charge in [0.05, 0.1) is 5.92 Å². The van der Waals surface area contributed by atoms with Gasteiger partial charge in [0, 0.05) is 17.7 Å². The van der Waals surface area contributed by atoms with Crippen molar-refractivity contribution in [1.29, 1.82) is 0 Å².